The second-order valence-corrected chi connectivity index (χ2v) is 7.29. The molecular weight excluding hydrogens is 337 g/mol. The zero-order chi connectivity index (χ0) is 14.8. The smallest absolute Gasteiger partial charge is 0.268 e. The largest absolute Gasteiger partial charge is 0.299 e. The second kappa shape index (κ2) is 5.81. The van der Waals surface area contributed by atoms with E-state index in [1.54, 1.807) is 6.92 Å². The molecule has 0 aliphatic carbocycles. The zero-order valence-corrected chi connectivity index (χ0v) is 12.8. The minimum atomic E-state index is -3.98. The molecule has 1 aromatic rings. The molecule has 0 atom stereocenters. The molecule has 1 rings (SSSR count). The van der Waals surface area contributed by atoms with E-state index >= 15 is 0 Å². The fraction of sp³-hybridized carbons (Fsp3) is 0.250. The molecule has 0 fully saturated rings. The lowest BCUT2D eigenvalue weighted by atomic mass is 10.3. The molecule has 1 aromatic carbocycles. The summed E-state index contributed by atoms with van der Waals surface area (Å²) in [4.78, 5) is -0.311. The van der Waals surface area contributed by atoms with Crippen molar-refractivity contribution < 1.29 is 16.8 Å². The Morgan fingerprint density at radius 2 is 1.63 bits per heavy atom. The van der Waals surface area contributed by atoms with Gasteiger partial charge in [-0.1, -0.05) is 30.1 Å². The first-order chi connectivity index (χ1) is 8.57. The minimum absolute atomic E-state index is 0.128. The van der Waals surface area contributed by atoms with Gasteiger partial charge in [-0.05, 0) is 12.1 Å². The van der Waals surface area contributed by atoms with Gasteiger partial charge in [0.15, 0.2) is 0 Å². The number of nitrogens with two attached hydrogens (primary N) is 1. The zero-order valence-electron chi connectivity index (χ0n) is 9.64. The number of rotatable bonds is 5. The van der Waals surface area contributed by atoms with E-state index < -0.39 is 20.2 Å². The quantitative estimate of drug-likeness (QED) is 0.733. The molecular formula is C8H11Cl2N3O4S2. The van der Waals surface area contributed by atoms with Gasteiger partial charge < -0.3 is 0 Å². The minimum Gasteiger partial charge on any atom is -0.268 e. The van der Waals surface area contributed by atoms with Crippen molar-refractivity contribution in [2.75, 3.05) is 11.3 Å². The molecule has 0 saturated carbocycles. The van der Waals surface area contributed by atoms with Crippen LogP contribution in [0, 0.1) is 0 Å². The van der Waals surface area contributed by atoms with E-state index in [-0.39, 0.29) is 27.2 Å². The molecule has 4 N–H and O–H groups in total. The third-order valence-corrected chi connectivity index (χ3v) is 4.55. The second-order valence-electron chi connectivity index (χ2n) is 3.41. The predicted octanol–water partition coefficient (Wildman–Crippen LogP) is 0.907. The van der Waals surface area contributed by atoms with Crippen LogP contribution in [0.15, 0.2) is 17.0 Å². The molecule has 0 bridgehead atoms. The van der Waals surface area contributed by atoms with Gasteiger partial charge >= 0.3 is 0 Å². The molecule has 0 amide bonds. The van der Waals surface area contributed by atoms with Crippen molar-refractivity contribution >= 4 is 49.1 Å². The lowest BCUT2D eigenvalue weighted by molar-refractivity contribution is 0.589. The highest BCUT2D eigenvalue weighted by Gasteiger charge is 2.18. The Kier molecular flexibility index (Phi) is 5.04. The molecule has 0 saturated heterocycles. The number of nitrogens with one attached hydrogen (secondary N) is 2. The first-order valence-corrected chi connectivity index (χ1v) is 8.64. The fourth-order valence-electron chi connectivity index (χ4n) is 1.17. The van der Waals surface area contributed by atoms with E-state index in [1.165, 1.54) is 0 Å². The van der Waals surface area contributed by atoms with Crippen molar-refractivity contribution in [1.29, 1.82) is 0 Å². The van der Waals surface area contributed by atoms with E-state index in [2.05, 4.69) is 9.44 Å². The molecule has 0 aliphatic heterocycles. The Morgan fingerprint density at radius 1 is 1.16 bits per heavy atom. The molecule has 19 heavy (non-hydrogen) atoms. The van der Waals surface area contributed by atoms with Gasteiger partial charge in [0.05, 0.1) is 20.6 Å². The van der Waals surface area contributed by atoms with Crippen molar-refractivity contribution in [3.05, 3.63) is 22.2 Å². The summed E-state index contributed by atoms with van der Waals surface area (Å²) in [5.41, 5.74) is -0.128. The number of anilines is 1. The molecule has 108 valence electrons. The van der Waals surface area contributed by atoms with E-state index in [0.717, 1.165) is 12.1 Å². The molecule has 0 heterocycles. The number of halogens is 2. The van der Waals surface area contributed by atoms with Crippen LogP contribution in [-0.2, 0) is 20.2 Å². The summed E-state index contributed by atoms with van der Waals surface area (Å²) in [6.45, 7) is 1.76. The highest BCUT2D eigenvalue weighted by Crippen LogP contribution is 2.33. The van der Waals surface area contributed by atoms with Crippen LogP contribution in [0.5, 0.6) is 0 Å². The normalized spacial score (nSPS) is 12.4. The van der Waals surface area contributed by atoms with Gasteiger partial charge in [-0.2, -0.15) is 13.1 Å². The van der Waals surface area contributed by atoms with Gasteiger partial charge in [0.25, 0.3) is 10.2 Å². The molecule has 0 aliphatic rings. The Bertz CT molecular complexity index is 665. The molecule has 11 heteroatoms. The van der Waals surface area contributed by atoms with Crippen molar-refractivity contribution in [3.8, 4) is 0 Å². The van der Waals surface area contributed by atoms with Crippen LogP contribution >= 0.6 is 23.2 Å². The third kappa shape index (κ3) is 4.48. The summed E-state index contributed by atoms with van der Waals surface area (Å²) in [7, 11) is -7.81. The average molecular weight is 348 g/mol. The fourth-order valence-corrected chi connectivity index (χ4v) is 3.50. The topological polar surface area (TPSA) is 118 Å². The third-order valence-electron chi connectivity index (χ3n) is 1.91. The summed E-state index contributed by atoms with van der Waals surface area (Å²) in [5, 5.41) is 4.56. The number of hydrogen-bond donors (Lipinski definition) is 3. The summed E-state index contributed by atoms with van der Waals surface area (Å²) in [5.74, 6) is 0. The van der Waals surface area contributed by atoms with Crippen LogP contribution in [0.2, 0.25) is 10.0 Å². The summed E-state index contributed by atoms with van der Waals surface area (Å²) < 4.78 is 49.6. The Labute approximate surface area is 121 Å². The number of hydrogen-bond acceptors (Lipinski definition) is 4. The van der Waals surface area contributed by atoms with Crippen LogP contribution in [0.1, 0.15) is 6.92 Å². The van der Waals surface area contributed by atoms with E-state index in [1.807, 2.05) is 0 Å². The maximum Gasteiger partial charge on any atom is 0.299 e. The molecule has 0 unspecified atom stereocenters. The molecule has 7 nitrogen and oxygen atoms in total. The standard InChI is InChI=1S/C8H11Cl2N3O4S2/c1-2-12-19(16,17)13-8-6(9)3-5(4-7(8)10)18(11,14)15/h3-4,12-13H,2H2,1H3,(H2,11,14,15). The van der Waals surface area contributed by atoms with Gasteiger partial charge in [-0.15, -0.1) is 0 Å². The number of benzene rings is 1. The monoisotopic (exact) mass is 347 g/mol. The first kappa shape index (κ1) is 16.5. The van der Waals surface area contributed by atoms with Crippen LogP contribution < -0.4 is 14.6 Å². The Hall–Kier alpha value is -0.580. The van der Waals surface area contributed by atoms with Crippen LogP contribution in [0.3, 0.4) is 0 Å². The van der Waals surface area contributed by atoms with E-state index in [9.17, 15) is 16.8 Å². The maximum absolute atomic E-state index is 11.5. The Morgan fingerprint density at radius 3 is 2.00 bits per heavy atom. The number of primary sulfonamides is 1. The van der Waals surface area contributed by atoms with Gasteiger partial charge in [0.1, 0.15) is 0 Å². The van der Waals surface area contributed by atoms with Crippen molar-refractivity contribution in [2.24, 2.45) is 5.14 Å². The molecule has 0 aromatic heterocycles. The lowest BCUT2D eigenvalue weighted by Gasteiger charge is -2.12. The summed E-state index contributed by atoms with van der Waals surface area (Å²) >= 11 is 11.6. The van der Waals surface area contributed by atoms with Crippen molar-refractivity contribution in [3.63, 3.8) is 0 Å². The highest BCUT2D eigenvalue weighted by molar-refractivity contribution is 7.90. The average Bonchev–Trinajstić information content (AvgIpc) is 2.21. The van der Waals surface area contributed by atoms with Crippen molar-refractivity contribution in [2.45, 2.75) is 11.8 Å². The van der Waals surface area contributed by atoms with E-state index in [0.29, 0.717) is 0 Å². The van der Waals surface area contributed by atoms with Gasteiger partial charge in [-0.3, -0.25) is 4.72 Å². The van der Waals surface area contributed by atoms with Gasteiger partial charge in [-0.25, -0.2) is 13.6 Å². The molecule has 0 spiro atoms. The highest BCUT2D eigenvalue weighted by atomic mass is 35.5. The van der Waals surface area contributed by atoms with Crippen LogP contribution in [0.25, 0.3) is 0 Å². The predicted molar refractivity (Wildman–Crippen MR) is 74.1 cm³/mol. The summed E-state index contributed by atoms with van der Waals surface area (Å²) in [6, 6.07) is 2.01. The SMILES string of the molecule is CCNS(=O)(=O)Nc1c(Cl)cc(S(N)(=O)=O)cc1Cl. The van der Waals surface area contributed by atoms with Gasteiger partial charge in [0, 0.05) is 6.54 Å². The molecule has 0 radical (unpaired) electrons. The van der Waals surface area contributed by atoms with Crippen molar-refractivity contribution in [1.82, 2.24) is 4.72 Å². The van der Waals surface area contributed by atoms with E-state index in [4.69, 9.17) is 28.3 Å². The summed E-state index contributed by atoms with van der Waals surface area (Å²) in [6.07, 6.45) is 0. The van der Waals surface area contributed by atoms with Crippen LogP contribution in [-0.4, -0.2) is 23.4 Å². The Balaban J connectivity index is 3.26. The number of sulfonamides is 1. The first-order valence-electron chi connectivity index (χ1n) is 4.86. The maximum atomic E-state index is 11.5. The van der Waals surface area contributed by atoms with Crippen LogP contribution in [0.4, 0.5) is 5.69 Å². The van der Waals surface area contributed by atoms with Gasteiger partial charge in [0.2, 0.25) is 10.0 Å². The lowest BCUT2D eigenvalue weighted by Crippen LogP contribution is -2.30.